The fourth-order valence-corrected chi connectivity index (χ4v) is 1.59. The third-order valence-corrected chi connectivity index (χ3v) is 2.86. The first-order chi connectivity index (χ1) is 7.22. The van der Waals surface area contributed by atoms with Crippen molar-refractivity contribution in [3.8, 4) is 0 Å². The first-order valence-electron chi connectivity index (χ1n) is 5.98. The minimum Gasteiger partial charge on any atom is -0.316 e. The van der Waals surface area contributed by atoms with Crippen LogP contribution in [0.3, 0.4) is 0 Å². The molecule has 0 fully saturated rings. The molecule has 0 amide bonds. The van der Waals surface area contributed by atoms with E-state index >= 15 is 0 Å². The van der Waals surface area contributed by atoms with Gasteiger partial charge >= 0.3 is 0 Å². The van der Waals surface area contributed by atoms with Crippen LogP contribution in [0.1, 0.15) is 31.4 Å². The molecule has 84 valence electrons. The van der Waals surface area contributed by atoms with Crippen LogP contribution in [0.2, 0.25) is 0 Å². The highest BCUT2D eigenvalue weighted by atomic mass is 14.8. The molecule has 15 heavy (non-hydrogen) atoms. The maximum Gasteiger partial charge on any atom is -0.000824 e. The van der Waals surface area contributed by atoms with Crippen molar-refractivity contribution in [2.45, 2.75) is 33.6 Å². The number of rotatable bonds is 6. The molecule has 0 aliphatic carbocycles. The number of nitrogens with one attached hydrogen (secondary N) is 1. The second-order valence-corrected chi connectivity index (χ2v) is 4.46. The zero-order valence-electron chi connectivity index (χ0n) is 10.2. The molecule has 1 nitrogen and oxygen atoms in total. The van der Waals surface area contributed by atoms with Crippen LogP contribution in [0.4, 0.5) is 0 Å². The molecule has 0 aromatic heterocycles. The van der Waals surface area contributed by atoms with Crippen molar-refractivity contribution in [1.29, 1.82) is 0 Å². The number of benzene rings is 1. The molecule has 1 heteroatoms. The van der Waals surface area contributed by atoms with Crippen molar-refractivity contribution in [2.24, 2.45) is 5.92 Å². The summed E-state index contributed by atoms with van der Waals surface area (Å²) in [5.74, 6) is 0.794. The molecule has 0 aliphatic heterocycles. The van der Waals surface area contributed by atoms with E-state index < -0.39 is 0 Å². The van der Waals surface area contributed by atoms with Gasteiger partial charge in [0.15, 0.2) is 0 Å². The van der Waals surface area contributed by atoms with Gasteiger partial charge in [0, 0.05) is 0 Å². The lowest BCUT2D eigenvalue weighted by atomic mass is 10.1. The summed E-state index contributed by atoms with van der Waals surface area (Å²) < 4.78 is 0. The summed E-state index contributed by atoms with van der Waals surface area (Å²) >= 11 is 0. The van der Waals surface area contributed by atoms with Crippen LogP contribution in [0.15, 0.2) is 24.3 Å². The van der Waals surface area contributed by atoms with Crippen molar-refractivity contribution in [1.82, 2.24) is 5.32 Å². The van der Waals surface area contributed by atoms with E-state index in [2.05, 4.69) is 50.4 Å². The molecule has 0 heterocycles. The van der Waals surface area contributed by atoms with Crippen molar-refractivity contribution in [2.75, 3.05) is 13.1 Å². The first kappa shape index (κ1) is 12.3. The Hall–Kier alpha value is -0.820. The van der Waals surface area contributed by atoms with E-state index in [0.29, 0.717) is 0 Å². The fraction of sp³-hybridized carbons (Fsp3) is 0.571. The standard InChI is InChI=1S/C14H23N/c1-4-12(2)11-15-9-8-14-7-5-6-13(3)10-14/h5-7,10,12,15H,4,8-9,11H2,1-3H3/t12-/m1/s1. The van der Waals surface area contributed by atoms with Crippen LogP contribution in [0.25, 0.3) is 0 Å². The molecule has 0 saturated heterocycles. The minimum atomic E-state index is 0.794. The van der Waals surface area contributed by atoms with Gasteiger partial charge in [-0.25, -0.2) is 0 Å². The summed E-state index contributed by atoms with van der Waals surface area (Å²) in [6.45, 7) is 8.92. The predicted molar refractivity (Wildman–Crippen MR) is 67.2 cm³/mol. The zero-order valence-corrected chi connectivity index (χ0v) is 10.2. The third-order valence-electron chi connectivity index (χ3n) is 2.86. The van der Waals surface area contributed by atoms with Crippen LogP contribution in [-0.2, 0) is 6.42 Å². The van der Waals surface area contributed by atoms with Crippen LogP contribution >= 0.6 is 0 Å². The zero-order chi connectivity index (χ0) is 11.1. The molecule has 0 aliphatic rings. The molecule has 0 radical (unpaired) electrons. The molecule has 0 saturated carbocycles. The summed E-state index contributed by atoms with van der Waals surface area (Å²) in [5.41, 5.74) is 2.79. The van der Waals surface area contributed by atoms with Gasteiger partial charge in [-0.05, 0) is 37.9 Å². The van der Waals surface area contributed by atoms with Crippen LogP contribution in [-0.4, -0.2) is 13.1 Å². The lowest BCUT2D eigenvalue weighted by Gasteiger charge is -2.10. The monoisotopic (exact) mass is 205 g/mol. The van der Waals surface area contributed by atoms with Gasteiger partial charge in [-0.2, -0.15) is 0 Å². The lowest BCUT2D eigenvalue weighted by Crippen LogP contribution is -2.23. The van der Waals surface area contributed by atoms with E-state index in [1.165, 1.54) is 17.5 Å². The van der Waals surface area contributed by atoms with E-state index in [4.69, 9.17) is 0 Å². The summed E-state index contributed by atoms with van der Waals surface area (Å²) in [6, 6.07) is 8.76. The van der Waals surface area contributed by atoms with E-state index in [-0.39, 0.29) is 0 Å². The van der Waals surface area contributed by atoms with Crippen molar-refractivity contribution < 1.29 is 0 Å². The summed E-state index contributed by atoms with van der Waals surface area (Å²) in [4.78, 5) is 0. The molecule has 0 spiro atoms. The predicted octanol–water partition coefficient (Wildman–Crippen LogP) is 3.17. The summed E-state index contributed by atoms with van der Waals surface area (Å²) in [7, 11) is 0. The Kier molecular flexibility index (Phi) is 5.41. The van der Waals surface area contributed by atoms with E-state index in [0.717, 1.165) is 25.4 Å². The fourth-order valence-electron chi connectivity index (χ4n) is 1.59. The Balaban J connectivity index is 2.20. The van der Waals surface area contributed by atoms with Crippen LogP contribution in [0, 0.1) is 12.8 Å². The maximum absolute atomic E-state index is 3.50. The SMILES string of the molecule is CC[C@@H](C)CNCCc1cccc(C)c1. The van der Waals surface area contributed by atoms with Crippen molar-refractivity contribution >= 4 is 0 Å². The number of aryl methyl sites for hydroxylation is 1. The molecule has 1 N–H and O–H groups in total. The Morgan fingerprint density at radius 2 is 2.13 bits per heavy atom. The molecule has 1 atom stereocenters. The van der Waals surface area contributed by atoms with Gasteiger partial charge in [0.1, 0.15) is 0 Å². The highest BCUT2D eigenvalue weighted by molar-refractivity contribution is 5.22. The van der Waals surface area contributed by atoms with Gasteiger partial charge in [0.2, 0.25) is 0 Å². The average Bonchev–Trinajstić information content (AvgIpc) is 2.24. The molecule has 1 aromatic rings. The van der Waals surface area contributed by atoms with Gasteiger partial charge in [-0.15, -0.1) is 0 Å². The maximum atomic E-state index is 3.50. The quantitative estimate of drug-likeness (QED) is 0.703. The van der Waals surface area contributed by atoms with E-state index in [9.17, 15) is 0 Å². The first-order valence-corrected chi connectivity index (χ1v) is 5.98. The summed E-state index contributed by atoms with van der Waals surface area (Å²) in [6.07, 6.45) is 2.40. The largest absolute Gasteiger partial charge is 0.316 e. The molecular formula is C14H23N. The van der Waals surface area contributed by atoms with Crippen LogP contribution in [0.5, 0.6) is 0 Å². The highest BCUT2D eigenvalue weighted by Crippen LogP contribution is 2.04. The molecule has 0 unspecified atom stereocenters. The second kappa shape index (κ2) is 6.62. The van der Waals surface area contributed by atoms with Gasteiger partial charge in [0.05, 0.1) is 0 Å². The number of hydrogen-bond donors (Lipinski definition) is 1. The Labute approximate surface area is 93.9 Å². The highest BCUT2D eigenvalue weighted by Gasteiger charge is 1.97. The van der Waals surface area contributed by atoms with Crippen molar-refractivity contribution in [3.63, 3.8) is 0 Å². The van der Waals surface area contributed by atoms with Gasteiger partial charge in [-0.3, -0.25) is 0 Å². The summed E-state index contributed by atoms with van der Waals surface area (Å²) in [5, 5.41) is 3.50. The molecule has 1 aromatic carbocycles. The average molecular weight is 205 g/mol. The third kappa shape index (κ3) is 4.98. The van der Waals surface area contributed by atoms with Crippen LogP contribution < -0.4 is 5.32 Å². The van der Waals surface area contributed by atoms with Gasteiger partial charge < -0.3 is 5.32 Å². The number of hydrogen-bond acceptors (Lipinski definition) is 1. The smallest absolute Gasteiger partial charge is 0.000824 e. The Bertz CT molecular complexity index is 280. The minimum absolute atomic E-state index is 0.794. The van der Waals surface area contributed by atoms with Gasteiger partial charge in [-0.1, -0.05) is 50.1 Å². The Morgan fingerprint density at radius 1 is 1.33 bits per heavy atom. The van der Waals surface area contributed by atoms with E-state index in [1.54, 1.807) is 0 Å². The Morgan fingerprint density at radius 3 is 2.80 bits per heavy atom. The normalized spacial score (nSPS) is 12.7. The molecular weight excluding hydrogens is 182 g/mol. The molecule has 0 bridgehead atoms. The van der Waals surface area contributed by atoms with Gasteiger partial charge in [0.25, 0.3) is 0 Å². The lowest BCUT2D eigenvalue weighted by molar-refractivity contribution is 0.502. The second-order valence-electron chi connectivity index (χ2n) is 4.46. The van der Waals surface area contributed by atoms with Crippen molar-refractivity contribution in [3.05, 3.63) is 35.4 Å². The molecule has 1 rings (SSSR count). The topological polar surface area (TPSA) is 12.0 Å². The van der Waals surface area contributed by atoms with E-state index in [1.807, 2.05) is 0 Å².